The molecular weight excluding hydrogens is 267 g/mol. The highest BCUT2D eigenvalue weighted by Crippen LogP contribution is 2.19. The minimum Gasteiger partial charge on any atom is -0.494 e. The molecule has 0 radical (unpaired) electrons. The van der Waals surface area contributed by atoms with Crippen LogP contribution in [-0.4, -0.2) is 37.7 Å². The molecule has 1 N–H and O–H groups in total. The zero-order valence-corrected chi connectivity index (χ0v) is 13.2. The minimum absolute atomic E-state index is 0.253. The lowest BCUT2D eigenvalue weighted by Gasteiger charge is -2.33. The average molecular weight is 294 g/mol. The standard InChI is InChI=1S/C17H27FN2O/c1-14-7-3-4-11-20(14)12-6-10-19-13-15-8-5-9-16(21-2)17(15)18/h5,8-9,14,19H,3-4,6-7,10-13H2,1-2H3. The molecule has 1 unspecified atom stereocenters. The largest absolute Gasteiger partial charge is 0.494 e. The zero-order chi connectivity index (χ0) is 15.1. The smallest absolute Gasteiger partial charge is 0.169 e. The summed E-state index contributed by atoms with van der Waals surface area (Å²) < 4.78 is 18.9. The van der Waals surface area contributed by atoms with E-state index in [2.05, 4.69) is 17.1 Å². The predicted molar refractivity (Wildman–Crippen MR) is 84.2 cm³/mol. The Labute approximate surface area is 127 Å². The van der Waals surface area contributed by atoms with Gasteiger partial charge in [0.2, 0.25) is 0 Å². The maximum atomic E-state index is 14.0. The fraction of sp³-hybridized carbons (Fsp3) is 0.647. The van der Waals surface area contributed by atoms with Crippen molar-refractivity contribution in [1.29, 1.82) is 0 Å². The molecule has 0 aromatic heterocycles. The predicted octanol–water partition coefficient (Wildman–Crippen LogP) is 3.19. The second kappa shape index (κ2) is 8.35. The second-order valence-electron chi connectivity index (χ2n) is 5.84. The van der Waals surface area contributed by atoms with Gasteiger partial charge in [-0.05, 0) is 51.9 Å². The number of rotatable bonds is 7. The number of hydrogen-bond donors (Lipinski definition) is 1. The fourth-order valence-corrected chi connectivity index (χ4v) is 2.97. The van der Waals surface area contributed by atoms with E-state index in [1.54, 1.807) is 12.1 Å². The molecule has 1 aliphatic rings. The summed E-state index contributed by atoms with van der Waals surface area (Å²) in [4.78, 5) is 2.57. The van der Waals surface area contributed by atoms with Gasteiger partial charge in [-0.1, -0.05) is 18.6 Å². The summed E-state index contributed by atoms with van der Waals surface area (Å²) in [6.45, 7) is 6.15. The van der Waals surface area contributed by atoms with E-state index >= 15 is 0 Å². The number of piperidine rings is 1. The molecule has 0 amide bonds. The van der Waals surface area contributed by atoms with Crippen molar-refractivity contribution in [2.24, 2.45) is 0 Å². The van der Waals surface area contributed by atoms with E-state index < -0.39 is 0 Å². The van der Waals surface area contributed by atoms with Gasteiger partial charge in [0, 0.05) is 18.2 Å². The highest BCUT2D eigenvalue weighted by molar-refractivity contribution is 5.30. The number of methoxy groups -OCH3 is 1. The fourth-order valence-electron chi connectivity index (χ4n) is 2.97. The molecular formula is C17H27FN2O. The molecule has 1 heterocycles. The molecule has 1 aromatic rings. The van der Waals surface area contributed by atoms with Crippen LogP contribution < -0.4 is 10.1 Å². The molecule has 1 atom stereocenters. The quantitative estimate of drug-likeness (QED) is 0.782. The molecule has 4 heteroatoms. The lowest BCUT2D eigenvalue weighted by molar-refractivity contribution is 0.159. The average Bonchev–Trinajstić information content (AvgIpc) is 2.50. The Morgan fingerprint density at radius 1 is 1.38 bits per heavy atom. The van der Waals surface area contributed by atoms with Crippen molar-refractivity contribution in [2.75, 3.05) is 26.7 Å². The molecule has 3 nitrogen and oxygen atoms in total. The number of hydrogen-bond acceptors (Lipinski definition) is 3. The molecule has 1 fully saturated rings. The summed E-state index contributed by atoms with van der Waals surface area (Å²) in [5.41, 5.74) is 0.667. The van der Waals surface area contributed by atoms with E-state index in [4.69, 9.17) is 4.74 Å². The highest BCUT2D eigenvalue weighted by atomic mass is 19.1. The van der Waals surface area contributed by atoms with Crippen molar-refractivity contribution in [3.8, 4) is 5.75 Å². The number of halogens is 1. The van der Waals surface area contributed by atoms with Crippen LogP contribution in [0.4, 0.5) is 4.39 Å². The lowest BCUT2D eigenvalue weighted by Crippen LogP contribution is -2.38. The van der Waals surface area contributed by atoms with Crippen LogP contribution >= 0.6 is 0 Å². The first kappa shape index (κ1) is 16.2. The van der Waals surface area contributed by atoms with Crippen LogP contribution in [-0.2, 0) is 6.54 Å². The molecule has 0 aliphatic carbocycles. The van der Waals surface area contributed by atoms with Crippen molar-refractivity contribution in [3.63, 3.8) is 0 Å². The van der Waals surface area contributed by atoms with E-state index in [1.165, 1.54) is 32.9 Å². The van der Waals surface area contributed by atoms with Gasteiger partial charge in [0.05, 0.1) is 7.11 Å². The molecule has 21 heavy (non-hydrogen) atoms. The monoisotopic (exact) mass is 294 g/mol. The van der Waals surface area contributed by atoms with Crippen molar-refractivity contribution in [3.05, 3.63) is 29.6 Å². The molecule has 118 valence electrons. The van der Waals surface area contributed by atoms with Gasteiger partial charge < -0.3 is 15.0 Å². The maximum absolute atomic E-state index is 14.0. The first-order valence-electron chi connectivity index (χ1n) is 7.98. The second-order valence-corrected chi connectivity index (χ2v) is 5.84. The molecule has 1 aromatic carbocycles. The van der Waals surface area contributed by atoms with Crippen molar-refractivity contribution in [1.82, 2.24) is 10.2 Å². The highest BCUT2D eigenvalue weighted by Gasteiger charge is 2.17. The topological polar surface area (TPSA) is 24.5 Å². The molecule has 1 saturated heterocycles. The Balaban J connectivity index is 1.68. The maximum Gasteiger partial charge on any atom is 0.169 e. The summed E-state index contributed by atoms with van der Waals surface area (Å²) in [5, 5.41) is 3.33. The molecule has 0 spiro atoms. The number of benzene rings is 1. The Kier molecular flexibility index (Phi) is 6.46. The van der Waals surface area contributed by atoms with Gasteiger partial charge in [0.1, 0.15) is 0 Å². The number of likely N-dealkylation sites (tertiary alicyclic amines) is 1. The van der Waals surface area contributed by atoms with Crippen LogP contribution in [0.15, 0.2) is 18.2 Å². The summed E-state index contributed by atoms with van der Waals surface area (Å²) in [6.07, 6.45) is 5.12. The Bertz CT molecular complexity index is 439. The van der Waals surface area contributed by atoms with Crippen LogP contribution in [0.25, 0.3) is 0 Å². The van der Waals surface area contributed by atoms with Gasteiger partial charge >= 0.3 is 0 Å². The Hall–Kier alpha value is -1.13. The van der Waals surface area contributed by atoms with Crippen LogP contribution in [0, 0.1) is 5.82 Å². The van der Waals surface area contributed by atoms with Crippen molar-refractivity contribution in [2.45, 2.75) is 45.2 Å². The summed E-state index contributed by atoms with van der Waals surface area (Å²) in [5.74, 6) is 0.0635. The molecule has 2 rings (SSSR count). The van der Waals surface area contributed by atoms with Crippen molar-refractivity contribution < 1.29 is 9.13 Å². The summed E-state index contributed by atoms with van der Waals surface area (Å²) in [7, 11) is 1.50. The number of nitrogens with zero attached hydrogens (tertiary/aromatic N) is 1. The van der Waals surface area contributed by atoms with Crippen LogP contribution in [0.5, 0.6) is 5.75 Å². The number of ether oxygens (including phenoxy) is 1. The molecule has 0 bridgehead atoms. The van der Waals surface area contributed by atoms with E-state index in [1.807, 2.05) is 6.07 Å². The van der Waals surface area contributed by atoms with Gasteiger partial charge in [-0.25, -0.2) is 4.39 Å². The van der Waals surface area contributed by atoms with Gasteiger partial charge in [0.25, 0.3) is 0 Å². The van der Waals surface area contributed by atoms with Crippen molar-refractivity contribution >= 4 is 0 Å². The normalized spacial score (nSPS) is 19.7. The minimum atomic E-state index is -0.253. The summed E-state index contributed by atoms with van der Waals surface area (Å²) in [6, 6.07) is 6.00. The van der Waals surface area contributed by atoms with Crippen LogP contribution in [0.2, 0.25) is 0 Å². The first-order valence-corrected chi connectivity index (χ1v) is 7.98. The van der Waals surface area contributed by atoms with E-state index in [-0.39, 0.29) is 5.82 Å². The van der Waals surface area contributed by atoms with Gasteiger partial charge in [-0.2, -0.15) is 0 Å². The van der Waals surface area contributed by atoms with Gasteiger partial charge in [-0.15, -0.1) is 0 Å². The Morgan fingerprint density at radius 3 is 3.00 bits per heavy atom. The third-order valence-corrected chi connectivity index (χ3v) is 4.32. The number of nitrogens with one attached hydrogen (secondary N) is 1. The zero-order valence-electron chi connectivity index (χ0n) is 13.2. The van der Waals surface area contributed by atoms with Crippen LogP contribution in [0.3, 0.4) is 0 Å². The van der Waals surface area contributed by atoms with Gasteiger partial charge in [-0.3, -0.25) is 0 Å². The first-order chi connectivity index (χ1) is 10.2. The van der Waals surface area contributed by atoms with E-state index in [0.29, 0.717) is 17.9 Å². The Morgan fingerprint density at radius 2 is 2.24 bits per heavy atom. The third-order valence-electron chi connectivity index (χ3n) is 4.32. The molecule has 1 aliphatic heterocycles. The summed E-state index contributed by atoms with van der Waals surface area (Å²) >= 11 is 0. The third kappa shape index (κ3) is 4.68. The van der Waals surface area contributed by atoms with Gasteiger partial charge in [0.15, 0.2) is 11.6 Å². The molecule has 0 saturated carbocycles. The van der Waals surface area contributed by atoms with E-state index in [9.17, 15) is 4.39 Å². The lowest BCUT2D eigenvalue weighted by atomic mass is 10.0. The van der Waals surface area contributed by atoms with E-state index in [0.717, 1.165) is 25.6 Å². The van der Waals surface area contributed by atoms with Crippen LogP contribution in [0.1, 0.15) is 38.2 Å². The SMILES string of the molecule is COc1cccc(CNCCCN2CCCCC2C)c1F.